The highest BCUT2D eigenvalue weighted by Gasteiger charge is 2.41. The van der Waals surface area contributed by atoms with Crippen LogP contribution < -0.4 is 10.6 Å². The molecule has 0 aromatic heterocycles. The average molecular weight is 294 g/mol. The molecule has 21 heavy (non-hydrogen) atoms. The predicted octanol–water partition coefficient (Wildman–Crippen LogP) is 1.35. The summed E-state index contributed by atoms with van der Waals surface area (Å²) < 4.78 is 5.90. The Hall–Kier alpha value is -0.810. The van der Waals surface area contributed by atoms with E-state index in [1.807, 2.05) is 7.05 Å². The Balaban J connectivity index is 1.46. The molecule has 0 radical (unpaired) electrons. The molecule has 0 spiro atoms. The number of hydrogen-bond acceptors (Lipinski definition) is 3. The fourth-order valence-corrected chi connectivity index (χ4v) is 4.01. The fourth-order valence-electron chi connectivity index (χ4n) is 4.01. The highest BCUT2D eigenvalue weighted by Crippen LogP contribution is 2.34. The van der Waals surface area contributed by atoms with Crippen molar-refractivity contribution in [3.8, 4) is 0 Å². The van der Waals surface area contributed by atoms with E-state index in [4.69, 9.17) is 4.74 Å². The Labute approximate surface area is 128 Å². The second kappa shape index (κ2) is 6.97. The number of aliphatic imine (C=N–C) groups is 1. The van der Waals surface area contributed by atoms with E-state index in [0.29, 0.717) is 24.3 Å². The van der Waals surface area contributed by atoms with E-state index in [0.717, 1.165) is 18.9 Å². The third-order valence-electron chi connectivity index (χ3n) is 5.29. The summed E-state index contributed by atoms with van der Waals surface area (Å²) in [4.78, 5) is 7.00. The lowest BCUT2D eigenvalue weighted by molar-refractivity contribution is 0.0992. The van der Waals surface area contributed by atoms with Crippen LogP contribution in [-0.2, 0) is 4.74 Å². The zero-order chi connectivity index (χ0) is 14.7. The van der Waals surface area contributed by atoms with Crippen molar-refractivity contribution in [3.63, 3.8) is 0 Å². The van der Waals surface area contributed by atoms with E-state index in [9.17, 15) is 0 Å². The van der Waals surface area contributed by atoms with Crippen molar-refractivity contribution in [1.82, 2.24) is 15.5 Å². The van der Waals surface area contributed by atoms with Gasteiger partial charge in [0.1, 0.15) is 0 Å². The summed E-state index contributed by atoms with van der Waals surface area (Å²) in [6.45, 7) is 5.78. The van der Waals surface area contributed by atoms with Crippen LogP contribution in [0.4, 0.5) is 0 Å². The van der Waals surface area contributed by atoms with Crippen molar-refractivity contribution in [2.75, 3.05) is 26.7 Å². The maximum atomic E-state index is 5.90. The Kier molecular flexibility index (Phi) is 5.01. The fraction of sp³-hybridized carbons (Fsp3) is 0.938. The van der Waals surface area contributed by atoms with Gasteiger partial charge in [-0.05, 0) is 51.6 Å². The Bertz CT molecular complexity index is 367. The molecule has 3 rings (SSSR count). The SMILES string of the molecule is CCC(CNC(=NC)NC1CC2CCC1O2)N1CCCC1. The van der Waals surface area contributed by atoms with Crippen molar-refractivity contribution in [2.45, 2.75) is 69.7 Å². The lowest BCUT2D eigenvalue weighted by Crippen LogP contribution is -2.50. The number of guanidine groups is 1. The second-order valence-corrected chi connectivity index (χ2v) is 6.62. The van der Waals surface area contributed by atoms with Gasteiger partial charge >= 0.3 is 0 Å². The summed E-state index contributed by atoms with van der Waals surface area (Å²) in [7, 11) is 1.86. The normalized spacial score (nSPS) is 34.4. The Morgan fingerprint density at radius 2 is 2.14 bits per heavy atom. The van der Waals surface area contributed by atoms with Crippen molar-refractivity contribution in [3.05, 3.63) is 0 Å². The van der Waals surface area contributed by atoms with Crippen LogP contribution in [-0.4, -0.2) is 61.8 Å². The standard InChI is InChI=1S/C16H30N4O/c1-3-12(20-8-4-5-9-20)11-18-16(17-2)19-14-10-13-6-7-15(14)21-13/h12-15H,3-11H2,1-2H3,(H2,17,18,19). The van der Waals surface area contributed by atoms with Crippen LogP contribution >= 0.6 is 0 Å². The highest BCUT2D eigenvalue weighted by atomic mass is 16.5. The van der Waals surface area contributed by atoms with Crippen LogP contribution in [0.15, 0.2) is 4.99 Å². The summed E-state index contributed by atoms with van der Waals surface area (Å²) in [5.41, 5.74) is 0. The quantitative estimate of drug-likeness (QED) is 0.593. The van der Waals surface area contributed by atoms with E-state index in [-0.39, 0.29) is 0 Å². The van der Waals surface area contributed by atoms with Crippen molar-refractivity contribution in [2.24, 2.45) is 4.99 Å². The topological polar surface area (TPSA) is 48.9 Å². The van der Waals surface area contributed by atoms with Gasteiger partial charge < -0.3 is 15.4 Å². The molecule has 4 atom stereocenters. The van der Waals surface area contributed by atoms with Crippen molar-refractivity contribution in [1.29, 1.82) is 0 Å². The summed E-state index contributed by atoms with van der Waals surface area (Å²) in [5, 5.41) is 7.09. The van der Waals surface area contributed by atoms with E-state index in [2.05, 4.69) is 27.4 Å². The number of likely N-dealkylation sites (tertiary alicyclic amines) is 1. The summed E-state index contributed by atoms with van der Waals surface area (Å²) in [6, 6.07) is 1.07. The first kappa shape index (κ1) is 15.1. The molecule has 3 aliphatic heterocycles. The van der Waals surface area contributed by atoms with Crippen LogP contribution in [0, 0.1) is 0 Å². The number of fused-ring (bicyclic) bond motifs is 2. The van der Waals surface area contributed by atoms with Crippen molar-refractivity contribution >= 4 is 5.96 Å². The van der Waals surface area contributed by atoms with Gasteiger partial charge in [-0.1, -0.05) is 6.92 Å². The van der Waals surface area contributed by atoms with Gasteiger partial charge in [-0.2, -0.15) is 0 Å². The molecule has 3 heterocycles. The zero-order valence-electron chi connectivity index (χ0n) is 13.5. The molecule has 2 N–H and O–H groups in total. The predicted molar refractivity (Wildman–Crippen MR) is 85.7 cm³/mol. The van der Waals surface area contributed by atoms with E-state index in [1.165, 1.54) is 45.2 Å². The first-order chi connectivity index (χ1) is 10.3. The number of hydrogen-bond donors (Lipinski definition) is 2. The molecular weight excluding hydrogens is 264 g/mol. The minimum atomic E-state index is 0.397. The molecule has 5 nitrogen and oxygen atoms in total. The van der Waals surface area contributed by atoms with E-state index < -0.39 is 0 Å². The van der Waals surface area contributed by atoms with Crippen molar-refractivity contribution < 1.29 is 4.74 Å². The lowest BCUT2D eigenvalue weighted by atomic mass is 9.96. The Morgan fingerprint density at radius 1 is 1.33 bits per heavy atom. The van der Waals surface area contributed by atoms with Gasteiger partial charge in [-0.3, -0.25) is 9.89 Å². The molecule has 5 heteroatoms. The largest absolute Gasteiger partial charge is 0.373 e. The minimum Gasteiger partial charge on any atom is -0.373 e. The molecular formula is C16H30N4O. The number of rotatable bonds is 5. The van der Waals surface area contributed by atoms with Gasteiger partial charge in [0.2, 0.25) is 0 Å². The van der Waals surface area contributed by atoms with Gasteiger partial charge in [0.15, 0.2) is 5.96 Å². The maximum absolute atomic E-state index is 5.90. The lowest BCUT2D eigenvalue weighted by Gasteiger charge is -2.28. The summed E-state index contributed by atoms with van der Waals surface area (Å²) in [6.07, 6.45) is 8.35. The third kappa shape index (κ3) is 3.51. The zero-order valence-corrected chi connectivity index (χ0v) is 13.5. The molecule has 3 fully saturated rings. The first-order valence-electron chi connectivity index (χ1n) is 8.67. The maximum Gasteiger partial charge on any atom is 0.191 e. The molecule has 0 amide bonds. The van der Waals surface area contributed by atoms with E-state index >= 15 is 0 Å². The highest BCUT2D eigenvalue weighted by molar-refractivity contribution is 5.80. The molecule has 4 unspecified atom stereocenters. The van der Waals surface area contributed by atoms with Crippen LogP contribution in [0.2, 0.25) is 0 Å². The van der Waals surface area contributed by atoms with Gasteiger partial charge in [0.25, 0.3) is 0 Å². The van der Waals surface area contributed by atoms with Gasteiger partial charge in [-0.15, -0.1) is 0 Å². The number of nitrogens with one attached hydrogen (secondary N) is 2. The molecule has 2 bridgehead atoms. The molecule has 120 valence electrons. The molecule has 0 aliphatic carbocycles. The van der Waals surface area contributed by atoms with Gasteiger partial charge in [-0.25, -0.2) is 0 Å². The van der Waals surface area contributed by atoms with Gasteiger partial charge in [0.05, 0.1) is 18.2 Å². The molecule has 0 aromatic carbocycles. The smallest absolute Gasteiger partial charge is 0.191 e. The van der Waals surface area contributed by atoms with Crippen LogP contribution in [0.25, 0.3) is 0 Å². The average Bonchev–Trinajstić information content (AvgIpc) is 3.24. The van der Waals surface area contributed by atoms with E-state index in [1.54, 1.807) is 0 Å². The minimum absolute atomic E-state index is 0.397. The van der Waals surface area contributed by atoms with Gasteiger partial charge in [0, 0.05) is 19.6 Å². The first-order valence-corrected chi connectivity index (χ1v) is 8.67. The molecule has 3 saturated heterocycles. The Morgan fingerprint density at radius 3 is 2.71 bits per heavy atom. The third-order valence-corrected chi connectivity index (χ3v) is 5.29. The van der Waals surface area contributed by atoms with Crippen LogP contribution in [0.5, 0.6) is 0 Å². The molecule has 0 saturated carbocycles. The monoisotopic (exact) mass is 294 g/mol. The molecule has 0 aromatic rings. The van der Waals surface area contributed by atoms with Crippen LogP contribution in [0.1, 0.15) is 45.4 Å². The summed E-state index contributed by atoms with van der Waals surface area (Å²) in [5.74, 6) is 0.939. The number of nitrogens with zero attached hydrogens (tertiary/aromatic N) is 2. The molecule has 3 aliphatic rings. The second-order valence-electron chi connectivity index (χ2n) is 6.62. The van der Waals surface area contributed by atoms with Crippen LogP contribution in [0.3, 0.4) is 0 Å². The number of ether oxygens (including phenoxy) is 1. The summed E-state index contributed by atoms with van der Waals surface area (Å²) >= 11 is 0.